The number of hydrogen-bond donors (Lipinski definition) is 2. The number of halogens is 1. The molecule has 44 heavy (non-hydrogen) atoms. The summed E-state index contributed by atoms with van der Waals surface area (Å²) in [5, 5.41) is 14.6. The number of ether oxygens (including phenoxy) is 1. The van der Waals surface area contributed by atoms with Gasteiger partial charge in [0.15, 0.2) is 0 Å². The number of amides is 2. The normalized spacial score (nSPS) is 18.3. The molecule has 0 unspecified atom stereocenters. The highest BCUT2D eigenvalue weighted by atomic mass is 32.3. The molecule has 0 aliphatic heterocycles. The minimum atomic E-state index is -0.794. The van der Waals surface area contributed by atoms with Gasteiger partial charge in [-0.2, -0.15) is 14.6 Å². The Morgan fingerprint density at radius 3 is 2.45 bits per heavy atom. The lowest BCUT2D eigenvalue weighted by molar-refractivity contribution is -0.119. The van der Waals surface area contributed by atoms with Gasteiger partial charge in [-0.25, -0.2) is 19.7 Å². The molecule has 3 heterocycles. The van der Waals surface area contributed by atoms with Crippen molar-refractivity contribution < 1.29 is 18.7 Å². The summed E-state index contributed by atoms with van der Waals surface area (Å²) in [6.45, 7) is 10.7. The van der Waals surface area contributed by atoms with Gasteiger partial charge < -0.3 is 15.4 Å². The Morgan fingerprint density at radius 1 is 1.11 bits per heavy atom. The van der Waals surface area contributed by atoms with Crippen LogP contribution in [0.1, 0.15) is 74.4 Å². The van der Waals surface area contributed by atoms with Crippen molar-refractivity contribution in [1.82, 2.24) is 29.9 Å². The quantitative estimate of drug-likeness (QED) is 0.196. The van der Waals surface area contributed by atoms with Gasteiger partial charge in [0.1, 0.15) is 24.3 Å². The van der Waals surface area contributed by atoms with Crippen LogP contribution in [0.3, 0.4) is 0 Å². The molecule has 12 heteroatoms. The van der Waals surface area contributed by atoms with Crippen molar-refractivity contribution in [2.24, 2.45) is 11.8 Å². The van der Waals surface area contributed by atoms with Gasteiger partial charge in [0, 0.05) is 34.8 Å². The number of hydrogen-bond acceptors (Lipinski definition) is 6. The van der Waals surface area contributed by atoms with E-state index < -0.39 is 27.9 Å². The molecule has 0 aromatic carbocycles. The van der Waals surface area contributed by atoms with Crippen molar-refractivity contribution in [3.63, 3.8) is 0 Å². The number of aromatic nitrogens is 5. The molecule has 3 aromatic heterocycles. The molecule has 2 N–H and O–H groups in total. The maximum atomic E-state index is 15.5. The van der Waals surface area contributed by atoms with E-state index in [0.29, 0.717) is 35.0 Å². The van der Waals surface area contributed by atoms with Gasteiger partial charge in [0.2, 0.25) is 11.9 Å². The molecule has 2 amide bonds. The number of nitrogens with one attached hydrogen (secondary N) is 2. The maximum Gasteiger partial charge on any atom is 0.270 e. The van der Waals surface area contributed by atoms with Gasteiger partial charge in [0.05, 0.1) is 12.3 Å². The lowest BCUT2D eigenvalue weighted by Gasteiger charge is -2.32. The summed E-state index contributed by atoms with van der Waals surface area (Å²) >= 11 is 0. The van der Waals surface area contributed by atoms with Crippen LogP contribution >= 0.6 is 10.0 Å². The monoisotopic (exact) mass is 629 g/mol. The van der Waals surface area contributed by atoms with E-state index in [2.05, 4.69) is 51.5 Å². The summed E-state index contributed by atoms with van der Waals surface area (Å²) in [6, 6.07) is 4.04. The molecule has 0 spiro atoms. The van der Waals surface area contributed by atoms with E-state index >= 15 is 4.39 Å². The Balaban J connectivity index is 1.50. The second-order valence-corrected chi connectivity index (χ2v) is 17.7. The minimum absolute atomic E-state index is 0.0134. The molecule has 1 aliphatic rings. The summed E-state index contributed by atoms with van der Waals surface area (Å²) in [4.78, 5) is 31.1. The molecular formula is C32H48FN7O3S. The molecule has 1 fully saturated rings. The van der Waals surface area contributed by atoms with E-state index in [4.69, 9.17) is 4.74 Å². The number of pyridine rings is 1. The van der Waals surface area contributed by atoms with Crippen molar-refractivity contribution >= 4 is 27.7 Å². The highest BCUT2D eigenvalue weighted by Crippen LogP contribution is 2.34. The maximum absolute atomic E-state index is 15.5. The van der Waals surface area contributed by atoms with Crippen molar-refractivity contribution in [1.29, 1.82) is 0 Å². The van der Waals surface area contributed by atoms with Crippen LogP contribution in [0.5, 0.6) is 0 Å². The topological polar surface area (TPSA) is 116 Å². The molecule has 10 nitrogen and oxygen atoms in total. The Kier molecular flexibility index (Phi) is 10.9. The van der Waals surface area contributed by atoms with Crippen molar-refractivity contribution in [3.8, 4) is 11.1 Å². The van der Waals surface area contributed by atoms with Crippen molar-refractivity contribution in [2.45, 2.75) is 79.1 Å². The highest BCUT2D eigenvalue weighted by molar-refractivity contribution is 8.32. The highest BCUT2D eigenvalue weighted by Gasteiger charge is 2.34. The fourth-order valence-corrected chi connectivity index (χ4v) is 6.32. The van der Waals surface area contributed by atoms with Crippen molar-refractivity contribution in [3.05, 3.63) is 47.4 Å². The second-order valence-electron chi connectivity index (χ2n) is 13.1. The lowest BCUT2D eigenvalue weighted by Crippen LogP contribution is -2.49. The van der Waals surface area contributed by atoms with Crippen LogP contribution in [0.25, 0.3) is 11.1 Å². The Bertz CT molecular complexity index is 1450. The number of nitrogens with zero attached hydrogens (tertiary/aromatic N) is 5. The zero-order chi connectivity index (χ0) is 32.2. The summed E-state index contributed by atoms with van der Waals surface area (Å²) in [7, 11) is -0.655. The average Bonchev–Trinajstić information content (AvgIpc) is 3.55. The van der Waals surface area contributed by atoms with Crippen LogP contribution in [-0.4, -0.2) is 73.5 Å². The SMILES string of the molecule is Cc1nn(COCCS(C)(C)C)c(C)c1-c1ccc(NC(=O)[C@@H](NC(=O)c2ccnn2C(C)C)[C@H]2CC[C@H](C)CC2)nc1F. The third-order valence-electron chi connectivity index (χ3n) is 8.30. The van der Waals surface area contributed by atoms with E-state index in [1.807, 2.05) is 27.7 Å². The third kappa shape index (κ3) is 8.26. The van der Waals surface area contributed by atoms with Crippen LogP contribution in [0.15, 0.2) is 24.4 Å². The summed E-state index contributed by atoms with van der Waals surface area (Å²) < 4.78 is 24.7. The standard InChI is InChI=1S/C32H48FN7O3S/c1-20(2)40-26(15-16-34-40)31(41)37-29(24-11-9-21(3)10-12-24)32(42)36-27-14-13-25(30(33)35-27)28-22(4)38-39(23(28)5)19-43-17-18-44(6,7)8/h13-16,20-21,24,29H,9-12,17-19H2,1-8H3,(H,37,41)(H,35,36,42)/t21-,24-,29-/m0/s1. The summed E-state index contributed by atoms with van der Waals surface area (Å²) in [6.07, 6.45) is 11.9. The summed E-state index contributed by atoms with van der Waals surface area (Å²) in [5.74, 6) is 0.124. The Labute approximate surface area is 261 Å². The van der Waals surface area contributed by atoms with E-state index in [1.54, 1.807) is 33.8 Å². The van der Waals surface area contributed by atoms with E-state index in [-0.39, 0.29) is 30.4 Å². The van der Waals surface area contributed by atoms with Gasteiger partial charge in [-0.05, 0) is 89.3 Å². The largest absolute Gasteiger partial charge is 0.358 e. The first-order chi connectivity index (χ1) is 20.7. The zero-order valence-electron chi connectivity index (χ0n) is 27.3. The predicted molar refractivity (Wildman–Crippen MR) is 175 cm³/mol. The average molecular weight is 630 g/mol. The van der Waals surface area contributed by atoms with Crippen LogP contribution in [0, 0.1) is 31.6 Å². The molecule has 1 saturated carbocycles. The first kappa shape index (κ1) is 33.6. The van der Waals surface area contributed by atoms with Crippen LogP contribution in [-0.2, 0) is 16.3 Å². The molecule has 1 aliphatic carbocycles. The van der Waals surface area contributed by atoms with E-state index in [9.17, 15) is 9.59 Å². The van der Waals surface area contributed by atoms with Crippen molar-refractivity contribution in [2.75, 3.05) is 36.4 Å². The molecule has 1 atom stereocenters. The van der Waals surface area contributed by atoms with Gasteiger partial charge >= 0.3 is 0 Å². The molecule has 0 bridgehead atoms. The third-order valence-corrected chi connectivity index (χ3v) is 9.69. The molecular weight excluding hydrogens is 581 g/mol. The minimum Gasteiger partial charge on any atom is -0.358 e. The number of carbonyl (C=O) groups is 2. The first-order valence-corrected chi connectivity index (χ1v) is 18.4. The van der Waals surface area contributed by atoms with Gasteiger partial charge in [0.25, 0.3) is 5.91 Å². The Hall–Kier alpha value is -3.25. The number of anilines is 1. The number of aryl methyl sites for hydroxylation is 1. The first-order valence-electron chi connectivity index (χ1n) is 15.3. The molecule has 3 aromatic rings. The van der Waals surface area contributed by atoms with Crippen LogP contribution in [0.4, 0.5) is 10.2 Å². The molecule has 242 valence electrons. The van der Waals surface area contributed by atoms with E-state index in [0.717, 1.165) is 37.1 Å². The number of carbonyl (C=O) groups excluding carboxylic acids is 2. The number of rotatable bonds is 12. The lowest BCUT2D eigenvalue weighted by atomic mass is 9.79. The smallest absolute Gasteiger partial charge is 0.270 e. The van der Waals surface area contributed by atoms with E-state index in [1.165, 1.54) is 0 Å². The fraction of sp³-hybridized carbons (Fsp3) is 0.594. The van der Waals surface area contributed by atoms with Crippen LogP contribution < -0.4 is 10.6 Å². The predicted octanol–water partition coefficient (Wildman–Crippen LogP) is 5.71. The van der Waals surface area contributed by atoms with Crippen LogP contribution in [0.2, 0.25) is 0 Å². The second kappa shape index (κ2) is 14.2. The summed E-state index contributed by atoms with van der Waals surface area (Å²) in [5.41, 5.74) is 2.79. The molecule has 0 radical (unpaired) electrons. The van der Waals surface area contributed by atoms with Gasteiger partial charge in [-0.1, -0.05) is 19.8 Å². The molecule has 0 saturated heterocycles. The Morgan fingerprint density at radius 2 is 1.82 bits per heavy atom. The van der Waals surface area contributed by atoms with Gasteiger partial charge in [-0.3, -0.25) is 14.3 Å². The molecule has 4 rings (SSSR count). The van der Waals surface area contributed by atoms with Gasteiger partial charge in [-0.15, -0.1) is 0 Å². The fourth-order valence-electron chi connectivity index (χ4n) is 5.70. The zero-order valence-corrected chi connectivity index (χ0v) is 28.1.